The van der Waals surface area contributed by atoms with Crippen molar-refractivity contribution in [3.8, 4) is 11.4 Å². The zero-order valence-corrected chi connectivity index (χ0v) is 11.8. The number of hydrogen-bond donors (Lipinski definition) is 0. The van der Waals surface area contributed by atoms with Gasteiger partial charge in [0.2, 0.25) is 5.82 Å². The molecule has 0 radical (unpaired) electrons. The first-order chi connectivity index (χ1) is 8.15. The van der Waals surface area contributed by atoms with Crippen molar-refractivity contribution in [3.05, 3.63) is 29.3 Å². The Morgan fingerprint density at radius 1 is 1.22 bits per heavy atom. The van der Waals surface area contributed by atoms with Gasteiger partial charge in [0.25, 0.3) is 0 Å². The van der Waals surface area contributed by atoms with Crippen LogP contribution < -0.4 is 0 Å². The molecule has 0 aliphatic rings. The summed E-state index contributed by atoms with van der Waals surface area (Å²) in [6.07, 6.45) is 0. The molecule has 1 heterocycles. The van der Waals surface area contributed by atoms with Gasteiger partial charge >= 0.3 is 0 Å². The van der Waals surface area contributed by atoms with Gasteiger partial charge < -0.3 is 4.90 Å². The smallest absolute Gasteiger partial charge is 0.204 e. The molecule has 1 aromatic heterocycles. The Bertz CT molecular complexity index is 480. The molecule has 1 aromatic carbocycles. The minimum absolute atomic E-state index is 0. The van der Waals surface area contributed by atoms with E-state index in [4.69, 9.17) is 11.6 Å². The average molecular weight is 288 g/mol. The molecule has 2 aromatic rings. The first kappa shape index (κ1) is 14.9. The van der Waals surface area contributed by atoms with Crippen molar-refractivity contribution in [3.63, 3.8) is 0 Å². The number of likely N-dealkylation sites (N-methyl/N-ethyl adjacent to an activating group) is 1. The highest BCUT2D eigenvalue weighted by Gasteiger charge is 2.05. The van der Waals surface area contributed by atoms with E-state index in [1.54, 1.807) is 4.80 Å². The van der Waals surface area contributed by atoms with Gasteiger partial charge in [-0.25, -0.2) is 0 Å². The van der Waals surface area contributed by atoms with Gasteiger partial charge in [-0.05, 0) is 43.6 Å². The van der Waals surface area contributed by atoms with Crippen LogP contribution >= 0.6 is 24.0 Å². The average Bonchev–Trinajstić information content (AvgIpc) is 2.76. The number of nitrogens with zero attached hydrogens (tertiary/aromatic N) is 5. The van der Waals surface area contributed by atoms with Gasteiger partial charge in [0.05, 0.1) is 6.54 Å². The van der Waals surface area contributed by atoms with E-state index in [0.29, 0.717) is 10.8 Å². The molecule has 0 unspecified atom stereocenters. The zero-order valence-electron chi connectivity index (χ0n) is 10.2. The van der Waals surface area contributed by atoms with E-state index in [1.165, 1.54) is 0 Å². The summed E-state index contributed by atoms with van der Waals surface area (Å²) < 4.78 is 0. The summed E-state index contributed by atoms with van der Waals surface area (Å²) in [5.74, 6) is 0.625. The van der Waals surface area contributed by atoms with Gasteiger partial charge in [0.15, 0.2) is 0 Å². The predicted octanol–water partition coefficient (Wildman–Crippen LogP) is 1.98. The second kappa shape index (κ2) is 6.68. The Kier molecular flexibility index (Phi) is 5.53. The molecule has 7 heteroatoms. The van der Waals surface area contributed by atoms with E-state index >= 15 is 0 Å². The Morgan fingerprint density at radius 3 is 2.50 bits per heavy atom. The quantitative estimate of drug-likeness (QED) is 0.863. The van der Waals surface area contributed by atoms with Crippen LogP contribution in [0.25, 0.3) is 11.4 Å². The SMILES string of the molecule is CN(C)CCn1nnc(-c2ccc(Cl)cc2)n1.Cl. The first-order valence-corrected chi connectivity index (χ1v) is 5.71. The van der Waals surface area contributed by atoms with E-state index < -0.39 is 0 Å². The number of tetrazole rings is 1. The van der Waals surface area contributed by atoms with Gasteiger partial charge in [0, 0.05) is 17.1 Å². The fourth-order valence-corrected chi connectivity index (χ4v) is 1.47. The highest BCUT2D eigenvalue weighted by molar-refractivity contribution is 6.30. The molecular weight excluding hydrogens is 273 g/mol. The van der Waals surface area contributed by atoms with Crippen molar-refractivity contribution in [2.45, 2.75) is 6.54 Å². The first-order valence-electron chi connectivity index (χ1n) is 5.33. The van der Waals surface area contributed by atoms with E-state index in [9.17, 15) is 0 Å². The topological polar surface area (TPSA) is 46.8 Å². The molecule has 0 aliphatic heterocycles. The van der Waals surface area contributed by atoms with Gasteiger partial charge in [-0.3, -0.25) is 0 Å². The Morgan fingerprint density at radius 2 is 1.89 bits per heavy atom. The lowest BCUT2D eigenvalue weighted by Gasteiger charge is -2.06. The van der Waals surface area contributed by atoms with Gasteiger partial charge in [-0.2, -0.15) is 4.80 Å². The van der Waals surface area contributed by atoms with Crippen molar-refractivity contribution in [1.29, 1.82) is 0 Å². The van der Waals surface area contributed by atoms with Crippen LogP contribution in [0.15, 0.2) is 24.3 Å². The van der Waals surface area contributed by atoms with Crippen LogP contribution in [0.5, 0.6) is 0 Å². The lowest BCUT2D eigenvalue weighted by molar-refractivity contribution is 0.355. The monoisotopic (exact) mass is 287 g/mol. The largest absolute Gasteiger partial charge is 0.307 e. The molecule has 0 saturated heterocycles. The third kappa shape index (κ3) is 3.94. The molecule has 0 spiro atoms. The standard InChI is InChI=1S/C11H14ClN5.ClH/c1-16(2)7-8-17-14-11(13-15-17)9-3-5-10(12)6-4-9;/h3-6H,7-8H2,1-2H3;1H. The predicted molar refractivity (Wildman–Crippen MR) is 74.1 cm³/mol. The van der Waals surface area contributed by atoms with Crippen molar-refractivity contribution in [2.24, 2.45) is 0 Å². The van der Waals surface area contributed by atoms with Gasteiger partial charge in [-0.15, -0.1) is 22.6 Å². The number of benzene rings is 1. The lowest BCUT2D eigenvalue weighted by Crippen LogP contribution is -2.19. The molecule has 0 saturated carbocycles. The highest BCUT2D eigenvalue weighted by Crippen LogP contribution is 2.16. The van der Waals surface area contributed by atoms with Crippen molar-refractivity contribution in [2.75, 3.05) is 20.6 Å². The summed E-state index contributed by atoms with van der Waals surface area (Å²) in [7, 11) is 4.02. The Balaban J connectivity index is 0.00000162. The summed E-state index contributed by atoms with van der Waals surface area (Å²) in [6, 6.07) is 7.40. The van der Waals surface area contributed by atoms with Gasteiger partial charge in [0.1, 0.15) is 0 Å². The molecule has 18 heavy (non-hydrogen) atoms. The van der Waals surface area contributed by atoms with Crippen molar-refractivity contribution < 1.29 is 0 Å². The molecule has 98 valence electrons. The van der Waals surface area contributed by atoms with Crippen LogP contribution in [0.3, 0.4) is 0 Å². The summed E-state index contributed by atoms with van der Waals surface area (Å²) in [6.45, 7) is 1.62. The van der Waals surface area contributed by atoms with Crippen molar-refractivity contribution >= 4 is 24.0 Å². The Hall–Kier alpha value is -1.17. The molecule has 2 rings (SSSR count). The lowest BCUT2D eigenvalue weighted by atomic mass is 10.2. The zero-order chi connectivity index (χ0) is 12.3. The normalized spacial score (nSPS) is 10.4. The molecule has 0 aliphatic carbocycles. The van der Waals surface area contributed by atoms with Crippen LogP contribution in [-0.2, 0) is 6.54 Å². The van der Waals surface area contributed by atoms with Crippen molar-refractivity contribution in [1.82, 2.24) is 25.1 Å². The van der Waals surface area contributed by atoms with E-state index in [2.05, 4.69) is 20.3 Å². The van der Waals surface area contributed by atoms with E-state index in [0.717, 1.165) is 18.7 Å². The third-order valence-electron chi connectivity index (χ3n) is 2.30. The third-order valence-corrected chi connectivity index (χ3v) is 2.55. The van der Waals surface area contributed by atoms with Crippen LogP contribution in [0, 0.1) is 0 Å². The number of halogens is 2. The van der Waals surface area contributed by atoms with E-state index in [1.807, 2.05) is 38.4 Å². The number of rotatable bonds is 4. The summed E-state index contributed by atoms with van der Waals surface area (Å²) >= 11 is 5.82. The maximum absolute atomic E-state index is 5.82. The second-order valence-electron chi connectivity index (χ2n) is 4.02. The molecule has 0 bridgehead atoms. The highest BCUT2D eigenvalue weighted by atomic mass is 35.5. The fraction of sp³-hybridized carbons (Fsp3) is 0.364. The van der Waals surface area contributed by atoms with Gasteiger partial charge in [-0.1, -0.05) is 11.6 Å². The number of hydrogen-bond acceptors (Lipinski definition) is 4. The second-order valence-corrected chi connectivity index (χ2v) is 4.46. The van der Waals surface area contributed by atoms with Crippen LogP contribution in [0.1, 0.15) is 0 Å². The van der Waals surface area contributed by atoms with Crippen LogP contribution in [-0.4, -0.2) is 45.7 Å². The fourth-order valence-electron chi connectivity index (χ4n) is 1.34. The maximum atomic E-state index is 5.82. The minimum atomic E-state index is 0. The molecule has 5 nitrogen and oxygen atoms in total. The number of aromatic nitrogens is 4. The molecule has 0 N–H and O–H groups in total. The van der Waals surface area contributed by atoms with Crippen LogP contribution in [0.4, 0.5) is 0 Å². The molecule has 0 amide bonds. The molecule has 0 atom stereocenters. The maximum Gasteiger partial charge on any atom is 0.204 e. The summed E-state index contributed by atoms with van der Waals surface area (Å²) in [5, 5.41) is 13.0. The van der Waals surface area contributed by atoms with Crippen LogP contribution in [0.2, 0.25) is 5.02 Å². The van der Waals surface area contributed by atoms with E-state index in [-0.39, 0.29) is 12.4 Å². The summed E-state index contributed by atoms with van der Waals surface area (Å²) in [4.78, 5) is 3.68. The summed E-state index contributed by atoms with van der Waals surface area (Å²) in [5.41, 5.74) is 0.922. The molecular formula is C11H15Cl2N5. The Labute approximate surface area is 117 Å². The minimum Gasteiger partial charge on any atom is -0.307 e. The molecule has 0 fully saturated rings.